The zero-order chi connectivity index (χ0) is 34.2. The van der Waals surface area contributed by atoms with Crippen molar-refractivity contribution in [1.29, 1.82) is 0 Å². The Balaban J connectivity index is 2.58. The van der Waals surface area contributed by atoms with Crippen LogP contribution in [-0.2, 0) is 38.7 Å². The van der Waals surface area contributed by atoms with Crippen molar-refractivity contribution in [3.63, 3.8) is 0 Å². The standard InChI is InChI=1S/C33H62O12S/c1-3-5-7-9-11-13-15-17-19-21-28(34)42-23-26(44-29(35)22-20-18-16-14-12-10-8-6-4-2)24-43-33-32(38)31(37)30(36)27(45-33)25-46(39,40)41/h26-27,30-33,36-38H,3-25H2,1-2H3,(H,39,40,41). The molecule has 272 valence electrons. The minimum absolute atomic E-state index is 0.169. The quantitative estimate of drug-likeness (QED) is 0.0493. The smallest absolute Gasteiger partial charge is 0.306 e. The van der Waals surface area contributed by atoms with Crippen molar-refractivity contribution in [2.45, 2.75) is 179 Å². The monoisotopic (exact) mass is 682 g/mol. The average Bonchev–Trinajstić information content (AvgIpc) is 3.00. The van der Waals surface area contributed by atoms with Gasteiger partial charge in [0.15, 0.2) is 12.4 Å². The lowest BCUT2D eigenvalue weighted by Crippen LogP contribution is -2.60. The van der Waals surface area contributed by atoms with Crippen LogP contribution in [0.2, 0.25) is 0 Å². The van der Waals surface area contributed by atoms with Crippen LogP contribution in [0.25, 0.3) is 0 Å². The summed E-state index contributed by atoms with van der Waals surface area (Å²) in [6.45, 7) is 3.67. The number of carbonyl (C=O) groups excluding carboxylic acids is 2. The molecule has 1 rings (SSSR count). The van der Waals surface area contributed by atoms with E-state index in [1.807, 2.05) is 0 Å². The summed E-state index contributed by atoms with van der Waals surface area (Å²) in [5.41, 5.74) is 0. The molecule has 4 N–H and O–H groups in total. The molecule has 0 spiro atoms. The highest BCUT2D eigenvalue weighted by Crippen LogP contribution is 2.24. The topological polar surface area (TPSA) is 186 Å². The lowest BCUT2D eigenvalue weighted by molar-refractivity contribution is -0.297. The Labute approximate surface area is 276 Å². The number of hydrogen-bond donors (Lipinski definition) is 4. The zero-order valence-electron chi connectivity index (χ0n) is 28.2. The Hall–Kier alpha value is -1.35. The van der Waals surface area contributed by atoms with Gasteiger partial charge in [0.05, 0.1) is 6.61 Å². The van der Waals surface area contributed by atoms with Crippen LogP contribution in [0.15, 0.2) is 0 Å². The molecule has 6 unspecified atom stereocenters. The predicted octanol–water partition coefficient (Wildman–Crippen LogP) is 5.00. The number of unbranched alkanes of at least 4 members (excludes halogenated alkanes) is 16. The fourth-order valence-corrected chi connectivity index (χ4v) is 6.07. The average molecular weight is 683 g/mol. The van der Waals surface area contributed by atoms with E-state index in [1.54, 1.807) is 0 Å². The van der Waals surface area contributed by atoms with E-state index in [-0.39, 0.29) is 19.4 Å². The summed E-state index contributed by atoms with van der Waals surface area (Å²) < 4.78 is 53.5. The summed E-state index contributed by atoms with van der Waals surface area (Å²) in [5, 5.41) is 30.6. The second-order valence-electron chi connectivity index (χ2n) is 12.5. The molecule has 6 atom stereocenters. The van der Waals surface area contributed by atoms with E-state index in [2.05, 4.69) is 13.8 Å². The molecule has 0 bridgehead atoms. The molecule has 0 amide bonds. The number of aliphatic hydroxyl groups is 3. The molecule has 0 aromatic rings. The molecule has 12 nitrogen and oxygen atoms in total. The maximum Gasteiger partial charge on any atom is 0.306 e. The maximum atomic E-state index is 12.6. The van der Waals surface area contributed by atoms with Crippen LogP contribution in [0.3, 0.4) is 0 Å². The largest absolute Gasteiger partial charge is 0.462 e. The van der Waals surface area contributed by atoms with E-state index in [9.17, 15) is 33.3 Å². The minimum Gasteiger partial charge on any atom is -0.462 e. The molecule has 0 aromatic heterocycles. The van der Waals surface area contributed by atoms with Gasteiger partial charge in [-0.2, -0.15) is 8.42 Å². The lowest BCUT2D eigenvalue weighted by Gasteiger charge is -2.40. The van der Waals surface area contributed by atoms with Crippen molar-refractivity contribution < 1.29 is 56.8 Å². The second-order valence-corrected chi connectivity index (χ2v) is 14.0. The number of esters is 2. The van der Waals surface area contributed by atoms with Crippen molar-refractivity contribution >= 4 is 22.1 Å². The normalized spacial score (nSPS) is 22.4. The van der Waals surface area contributed by atoms with Crippen LogP contribution in [0.4, 0.5) is 0 Å². The first kappa shape index (κ1) is 42.7. The third-order valence-corrected chi connectivity index (χ3v) is 8.94. The number of hydrogen-bond acceptors (Lipinski definition) is 11. The Morgan fingerprint density at radius 2 is 1.11 bits per heavy atom. The van der Waals surface area contributed by atoms with Crippen molar-refractivity contribution in [2.24, 2.45) is 0 Å². The summed E-state index contributed by atoms with van der Waals surface area (Å²) in [6.07, 6.45) is 10.5. The first-order valence-electron chi connectivity index (χ1n) is 17.6. The summed E-state index contributed by atoms with van der Waals surface area (Å²) in [6, 6.07) is 0. The fraction of sp³-hybridized carbons (Fsp3) is 0.939. The SMILES string of the molecule is CCCCCCCCCCCC(=O)OCC(COC1OC(CS(=O)(=O)O)C(O)C(O)C1O)OC(=O)CCCCCCCCCCC. The summed E-state index contributed by atoms with van der Waals surface area (Å²) in [5.74, 6) is -1.98. The van der Waals surface area contributed by atoms with Crippen LogP contribution < -0.4 is 0 Å². The van der Waals surface area contributed by atoms with Crippen LogP contribution in [0.1, 0.15) is 142 Å². The van der Waals surface area contributed by atoms with E-state index in [1.165, 1.54) is 64.2 Å². The van der Waals surface area contributed by atoms with Crippen molar-refractivity contribution in [2.75, 3.05) is 19.0 Å². The number of aliphatic hydroxyl groups excluding tert-OH is 3. The fourth-order valence-electron chi connectivity index (χ4n) is 5.38. The van der Waals surface area contributed by atoms with E-state index >= 15 is 0 Å². The zero-order valence-corrected chi connectivity index (χ0v) is 29.0. The second kappa shape index (κ2) is 25.6. The highest BCUT2D eigenvalue weighted by molar-refractivity contribution is 7.85. The molecule has 13 heteroatoms. The molecule has 0 aromatic carbocycles. The van der Waals surface area contributed by atoms with Gasteiger partial charge in [0.1, 0.15) is 36.8 Å². The van der Waals surface area contributed by atoms with Crippen LogP contribution in [-0.4, -0.2) is 96.0 Å². The van der Waals surface area contributed by atoms with E-state index in [0.29, 0.717) is 12.8 Å². The Bertz CT molecular complexity index is 899. The first-order chi connectivity index (χ1) is 22.0. The molecular formula is C33H62O12S. The van der Waals surface area contributed by atoms with Crippen molar-refractivity contribution in [3.8, 4) is 0 Å². The van der Waals surface area contributed by atoms with Crippen LogP contribution >= 0.6 is 0 Å². The third kappa shape index (κ3) is 20.8. The van der Waals surface area contributed by atoms with Crippen LogP contribution in [0, 0.1) is 0 Å². The van der Waals surface area contributed by atoms with Gasteiger partial charge in [0.2, 0.25) is 0 Å². The number of ether oxygens (including phenoxy) is 4. The van der Waals surface area contributed by atoms with E-state index < -0.39 is 71.2 Å². The predicted molar refractivity (Wildman–Crippen MR) is 174 cm³/mol. The maximum absolute atomic E-state index is 12.6. The van der Waals surface area contributed by atoms with Crippen molar-refractivity contribution in [1.82, 2.24) is 0 Å². The Morgan fingerprint density at radius 3 is 1.59 bits per heavy atom. The van der Waals surface area contributed by atoms with Gasteiger partial charge < -0.3 is 34.3 Å². The molecule has 46 heavy (non-hydrogen) atoms. The van der Waals surface area contributed by atoms with Gasteiger partial charge in [-0.25, -0.2) is 0 Å². The van der Waals surface area contributed by atoms with Gasteiger partial charge in [-0.1, -0.05) is 117 Å². The molecule has 1 saturated heterocycles. The Morgan fingerprint density at radius 1 is 0.652 bits per heavy atom. The molecular weight excluding hydrogens is 620 g/mol. The third-order valence-electron chi connectivity index (χ3n) is 8.19. The van der Waals surface area contributed by atoms with Crippen molar-refractivity contribution in [3.05, 3.63) is 0 Å². The molecule has 0 aliphatic carbocycles. The molecule has 1 aliphatic heterocycles. The number of rotatable bonds is 28. The van der Waals surface area contributed by atoms with Gasteiger partial charge in [-0.15, -0.1) is 0 Å². The van der Waals surface area contributed by atoms with Gasteiger partial charge in [0.25, 0.3) is 10.1 Å². The highest BCUT2D eigenvalue weighted by Gasteiger charge is 2.46. The van der Waals surface area contributed by atoms with Gasteiger partial charge >= 0.3 is 11.9 Å². The first-order valence-corrected chi connectivity index (χ1v) is 19.2. The number of carbonyl (C=O) groups is 2. The van der Waals surface area contributed by atoms with Crippen LogP contribution in [0.5, 0.6) is 0 Å². The molecule has 1 aliphatic rings. The summed E-state index contributed by atoms with van der Waals surface area (Å²) in [4.78, 5) is 25.0. The van der Waals surface area contributed by atoms with E-state index in [4.69, 9.17) is 23.5 Å². The molecule has 1 heterocycles. The summed E-state index contributed by atoms with van der Waals surface area (Å²) in [7, 11) is -4.59. The summed E-state index contributed by atoms with van der Waals surface area (Å²) >= 11 is 0. The molecule has 0 radical (unpaired) electrons. The minimum atomic E-state index is -4.59. The van der Waals surface area contributed by atoms with Gasteiger partial charge in [-0.05, 0) is 12.8 Å². The van der Waals surface area contributed by atoms with Gasteiger partial charge in [-0.3, -0.25) is 14.1 Å². The highest BCUT2D eigenvalue weighted by atomic mass is 32.2. The van der Waals surface area contributed by atoms with Gasteiger partial charge in [0, 0.05) is 12.8 Å². The van der Waals surface area contributed by atoms with E-state index in [0.717, 1.165) is 38.5 Å². The molecule has 0 saturated carbocycles. The molecule has 1 fully saturated rings. The Kier molecular flexibility index (Phi) is 23.8. The lowest BCUT2D eigenvalue weighted by atomic mass is 10.00.